The number of carbonyl (C=O) groups excluding carboxylic acids is 1. The number of sulfonamides is 1. The Morgan fingerprint density at radius 3 is 2.31 bits per heavy atom. The van der Waals surface area contributed by atoms with Crippen molar-refractivity contribution in [2.75, 3.05) is 6.61 Å². The van der Waals surface area contributed by atoms with Gasteiger partial charge in [-0.2, -0.15) is 17.9 Å². The van der Waals surface area contributed by atoms with Crippen LogP contribution in [0.15, 0.2) is 40.8 Å². The number of carbonyl (C=O) groups is 1. The number of hydrogen-bond acceptors (Lipinski definition) is 5. The minimum atomic E-state index is -5.44. The standard InChI is InChI=1S/C39H58F3NO5S/c1-8-47-35(44)38(39(40,41)42,43-49(45,46)30-15-12-26(4)13-16-30)48-29-20-22-36(6)28(24-29)14-17-31-33-19-18-32(27(5)11-9-10-25(2)3)37(33,7)23-21-34(31)36/h12-13,15-16,24-25,27,29,31-34,43H,8-11,14,17-23H2,1-7H3. The molecule has 0 saturated heterocycles. The Hall–Kier alpha value is -1.91. The van der Waals surface area contributed by atoms with E-state index in [1.165, 1.54) is 69.7 Å². The van der Waals surface area contributed by atoms with Crippen molar-refractivity contribution in [3.05, 3.63) is 41.5 Å². The fourth-order valence-corrected chi connectivity index (χ4v) is 11.8. The predicted octanol–water partition coefficient (Wildman–Crippen LogP) is 9.52. The van der Waals surface area contributed by atoms with Crippen molar-refractivity contribution in [3.63, 3.8) is 0 Å². The van der Waals surface area contributed by atoms with Crippen LogP contribution in [0.5, 0.6) is 0 Å². The lowest BCUT2D eigenvalue weighted by Gasteiger charge is -2.59. The quantitative estimate of drug-likeness (QED) is 0.133. The molecule has 0 radical (unpaired) electrons. The number of ether oxygens (including phenoxy) is 2. The third-order valence-corrected chi connectivity index (χ3v) is 14.6. The molecule has 0 amide bonds. The number of benzene rings is 1. The minimum absolute atomic E-state index is 0.169. The van der Waals surface area contributed by atoms with Gasteiger partial charge in [-0.25, -0.2) is 13.2 Å². The fourth-order valence-electron chi connectivity index (χ4n) is 10.6. The maximum Gasteiger partial charge on any atom is 0.443 e. The number of rotatable bonds is 12. The molecule has 3 fully saturated rings. The van der Waals surface area contributed by atoms with Gasteiger partial charge in [-0.05, 0) is 124 Å². The smallest absolute Gasteiger partial charge is 0.443 e. The van der Waals surface area contributed by atoms with Gasteiger partial charge < -0.3 is 9.47 Å². The molecule has 4 aliphatic carbocycles. The van der Waals surface area contributed by atoms with Gasteiger partial charge >= 0.3 is 17.9 Å². The van der Waals surface area contributed by atoms with Crippen molar-refractivity contribution in [3.8, 4) is 0 Å². The van der Waals surface area contributed by atoms with Crippen LogP contribution in [-0.4, -0.2) is 39.0 Å². The number of halogens is 3. The molecule has 0 heterocycles. The second kappa shape index (κ2) is 14.3. The predicted molar refractivity (Wildman–Crippen MR) is 185 cm³/mol. The van der Waals surface area contributed by atoms with Crippen molar-refractivity contribution >= 4 is 16.0 Å². The van der Waals surface area contributed by atoms with E-state index in [4.69, 9.17) is 9.47 Å². The van der Waals surface area contributed by atoms with Crippen molar-refractivity contribution in [2.24, 2.45) is 46.3 Å². The molecule has 1 aromatic rings. The van der Waals surface area contributed by atoms with E-state index < -0.39 is 38.9 Å². The third-order valence-electron chi connectivity index (χ3n) is 13.2. The van der Waals surface area contributed by atoms with Crippen LogP contribution in [0.2, 0.25) is 0 Å². The van der Waals surface area contributed by atoms with Crippen LogP contribution in [0.1, 0.15) is 118 Å². The Labute approximate surface area is 292 Å². The van der Waals surface area contributed by atoms with Crippen molar-refractivity contribution < 1.29 is 35.9 Å². The monoisotopic (exact) mass is 709 g/mol. The number of allylic oxidation sites excluding steroid dienone is 1. The van der Waals surface area contributed by atoms with Crippen molar-refractivity contribution in [2.45, 2.75) is 142 Å². The summed E-state index contributed by atoms with van der Waals surface area (Å²) < 4.78 is 83.9. The average Bonchev–Trinajstić information content (AvgIpc) is 3.37. The summed E-state index contributed by atoms with van der Waals surface area (Å²) in [7, 11) is -4.83. The van der Waals surface area contributed by atoms with Crippen LogP contribution in [0.25, 0.3) is 0 Å². The Kier molecular flexibility index (Phi) is 11.1. The first-order valence-electron chi connectivity index (χ1n) is 18.6. The summed E-state index contributed by atoms with van der Waals surface area (Å²) in [5.74, 6) is 2.05. The lowest BCUT2D eigenvalue weighted by Crippen LogP contribution is -2.67. The first kappa shape index (κ1) is 38.3. The zero-order chi connectivity index (χ0) is 36.0. The zero-order valence-corrected chi connectivity index (χ0v) is 31.3. The lowest BCUT2D eigenvalue weighted by atomic mass is 9.46. The molecular formula is C39H58F3NO5S. The number of nitrogens with one attached hydrogen (secondary N) is 1. The summed E-state index contributed by atoms with van der Waals surface area (Å²) in [5, 5.41) is 0. The highest BCUT2D eigenvalue weighted by molar-refractivity contribution is 7.89. The summed E-state index contributed by atoms with van der Waals surface area (Å²) in [6.07, 6.45) is 6.52. The van der Waals surface area contributed by atoms with Crippen LogP contribution in [-0.2, 0) is 24.3 Å². The zero-order valence-electron chi connectivity index (χ0n) is 30.5. The SMILES string of the molecule is CCOC(=O)C(NS(=O)(=O)c1ccc(C)cc1)(OC1C=C2CCC3C(CCC4(C)C(C(C)CCCC(C)C)CCC34)C2(C)CC1)C(F)(F)F. The maximum atomic E-state index is 15.0. The second-order valence-electron chi connectivity index (χ2n) is 16.6. The topological polar surface area (TPSA) is 81.7 Å². The van der Waals surface area contributed by atoms with E-state index in [0.717, 1.165) is 42.2 Å². The number of aryl methyl sites for hydroxylation is 1. The molecule has 10 heteroatoms. The van der Waals surface area contributed by atoms with Crippen LogP contribution in [0.3, 0.4) is 0 Å². The molecular weight excluding hydrogens is 651 g/mol. The normalized spacial score (nSPS) is 33.5. The van der Waals surface area contributed by atoms with E-state index in [0.29, 0.717) is 35.5 Å². The molecule has 49 heavy (non-hydrogen) atoms. The van der Waals surface area contributed by atoms with E-state index in [1.54, 1.807) is 17.7 Å². The van der Waals surface area contributed by atoms with Crippen LogP contribution >= 0.6 is 0 Å². The van der Waals surface area contributed by atoms with Gasteiger partial charge in [0.1, 0.15) is 0 Å². The molecule has 276 valence electrons. The summed E-state index contributed by atoms with van der Waals surface area (Å²) in [5.41, 5.74) is -1.94. The molecule has 5 rings (SSSR count). The maximum absolute atomic E-state index is 15.0. The van der Waals surface area contributed by atoms with Crippen LogP contribution in [0, 0.1) is 53.3 Å². The first-order valence-corrected chi connectivity index (χ1v) is 20.1. The van der Waals surface area contributed by atoms with Crippen LogP contribution in [0.4, 0.5) is 13.2 Å². The molecule has 3 saturated carbocycles. The van der Waals surface area contributed by atoms with Gasteiger partial charge in [-0.3, -0.25) is 0 Å². The molecule has 9 atom stereocenters. The van der Waals surface area contributed by atoms with Crippen molar-refractivity contribution in [1.29, 1.82) is 0 Å². The number of esters is 1. The summed E-state index contributed by atoms with van der Waals surface area (Å²) in [6.45, 7) is 14.6. The van der Waals surface area contributed by atoms with Gasteiger partial charge in [0.15, 0.2) is 0 Å². The van der Waals surface area contributed by atoms with E-state index in [-0.39, 0.29) is 18.4 Å². The highest BCUT2D eigenvalue weighted by atomic mass is 32.2. The largest absolute Gasteiger partial charge is 0.463 e. The van der Waals surface area contributed by atoms with Crippen molar-refractivity contribution in [1.82, 2.24) is 4.72 Å². The molecule has 0 bridgehead atoms. The number of fused-ring (bicyclic) bond motifs is 5. The number of hydrogen-bond donors (Lipinski definition) is 1. The minimum Gasteiger partial charge on any atom is -0.463 e. The lowest BCUT2D eigenvalue weighted by molar-refractivity contribution is -0.290. The molecule has 9 unspecified atom stereocenters. The average molecular weight is 710 g/mol. The molecule has 1 N–H and O–H groups in total. The van der Waals surface area contributed by atoms with Gasteiger partial charge in [-0.15, -0.1) is 0 Å². The Bertz CT molecular complexity index is 1480. The Balaban J connectivity index is 1.38. The van der Waals surface area contributed by atoms with Crippen LogP contribution < -0.4 is 4.72 Å². The number of alkyl halides is 3. The molecule has 1 aromatic carbocycles. The highest BCUT2D eigenvalue weighted by Gasteiger charge is 2.67. The molecule has 6 nitrogen and oxygen atoms in total. The van der Waals surface area contributed by atoms with Gasteiger partial charge in [0.2, 0.25) is 10.0 Å². The summed E-state index contributed by atoms with van der Waals surface area (Å²) >= 11 is 0. The first-order chi connectivity index (χ1) is 22.9. The van der Waals surface area contributed by atoms with Gasteiger partial charge in [-0.1, -0.05) is 83.2 Å². The fraction of sp³-hybridized carbons (Fsp3) is 0.769. The Morgan fingerprint density at radius 2 is 1.67 bits per heavy atom. The highest BCUT2D eigenvalue weighted by Crippen LogP contribution is 2.68. The van der Waals surface area contributed by atoms with E-state index in [9.17, 15) is 13.2 Å². The second-order valence-corrected chi connectivity index (χ2v) is 18.3. The molecule has 0 aliphatic heterocycles. The summed E-state index contributed by atoms with van der Waals surface area (Å²) in [6, 6.07) is 5.36. The van der Waals surface area contributed by atoms with Gasteiger partial charge in [0.05, 0.1) is 17.6 Å². The van der Waals surface area contributed by atoms with Gasteiger partial charge in [0.25, 0.3) is 0 Å². The third kappa shape index (κ3) is 7.26. The van der Waals surface area contributed by atoms with E-state index in [1.807, 2.05) is 0 Å². The van der Waals surface area contributed by atoms with Gasteiger partial charge in [0, 0.05) is 0 Å². The molecule has 4 aliphatic rings. The van der Waals surface area contributed by atoms with E-state index >= 15 is 13.2 Å². The van der Waals surface area contributed by atoms with E-state index in [2.05, 4.69) is 34.6 Å². The molecule has 0 aromatic heterocycles. The summed E-state index contributed by atoms with van der Waals surface area (Å²) in [4.78, 5) is 12.8. The Morgan fingerprint density at radius 1 is 0.980 bits per heavy atom. The molecule has 0 spiro atoms.